The predicted octanol–water partition coefficient (Wildman–Crippen LogP) is 4.73. The standard InChI is InChI=1S/C27H30N4O4S2/c1-5-31(21-9-7-6-8-10-21)37(33,34)23-14-11-20(12-15-23)26(32)30(18-17-29(2)3)27-28-24-19-22(35-4)13-16-25(24)36-27/h6-16,19H,5,17-18H2,1-4H3. The van der Waals surface area contributed by atoms with Crippen LogP contribution < -0.4 is 13.9 Å². The van der Waals surface area contributed by atoms with Gasteiger partial charge in [0.05, 0.1) is 27.9 Å². The molecule has 1 heterocycles. The lowest BCUT2D eigenvalue weighted by atomic mass is 10.2. The summed E-state index contributed by atoms with van der Waals surface area (Å²) in [5.74, 6) is 0.455. The number of aromatic nitrogens is 1. The molecule has 0 fully saturated rings. The third kappa shape index (κ3) is 5.76. The van der Waals surface area contributed by atoms with E-state index in [0.717, 1.165) is 10.2 Å². The first-order valence-electron chi connectivity index (χ1n) is 11.8. The summed E-state index contributed by atoms with van der Waals surface area (Å²) < 4.78 is 34.3. The zero-order valence-electron chi connectivity index (χ0n) is 21.3. The number of carbonyl (C=O) groups is 1. The van der Waals surface area contributed by atoms with E-state index >= 15 is 0 Å². The number of rotatable bonds is 10. The van der Waals surface area contributed by atoms with Crippen LogP contribution in [0.2, 0.25) is 0 Å². The molecule has 194 valence electrons. The molecule has 37 heavy (non-hydrogen) atoms. The van der Waals surface area contributed by atoms with E-state index in [0.29, 0.717) is 35.2 Å². The maximum atomic E-state index is 13.6. The van der Waals surface area contributed by atoms with Crippen molar-refractivity contribution >= 4 is 48.3 Å². The van der Waals surface area contributed by atoms with Gasteiger partial charge in [-0.05, 0) is 69.6 Å². The molecular formula is C27H30N4O4S2. The largest absolute Gasteiger partial charge is 0.497 e. The lowest BCUT2D eigenvalue weighted by Crippen LogP contribution is -2.36. The summed E-state index contributed by atoms with van der Waals surface area (Å²) in [7, 11) is 1.70. The summed E-state index contributed by atoms with van der Waals surface area (Å²) in [5, 5.41) is 0.577. The Labute approximate surface area is 221 Å². The van der Waals surface area contributed by atoms with Gasteiger partial charge in [-0.25, -0.2) is 13.4 Å². The number of anilines is 2. The van der Waals surface area contributed by atoms with Gasteiger partial charge in [-0.3, -0.25) is 14.0 Å². The van der Waals surface area contributed by atoms with E-state index in [-0.39, 0.29) is 17.3 Å². The Hall–Kier alpha value is -3.47. The van der Waals surface area contributed by atoms with Crippen LogP contribution in [0.1, 0.15) is 17.3 Å². The molecule has 0 radical (unpaired) electrons. The highest BCUT2D eigenvalue weighted by Gasteiger charge is 2.25. The molecule has 0 atom stereocenters. The monoisotopic (exact) mass is 538 g/mol. The van der Waals surface area contributed by atoms with Crippen LogP contribution in [-0.4, -0.2) is 65.0 Å². The molecule has 0 unspecified atom stereocenters. The van der Waals surface area contributed by atoms with Gasteiger partial charge in [-0.15, -0.1) is 0 Å². The van der Waals surface area contributed by atoms with Crippen LogP contribution in [0.3, 0.4) is 0 Å². The second-order valence-corrected chi connectivity index (χ2v) is 11.5. The smallest absolute Gasteiger partial charge is 0.264 e. The number of fused-ring (bicyclic) bond motifs is 1. The van der Waals surface area contributed by atoms with Crippen LogP contribution in [0, 0.1) is 0 Å². The third-order valence-electron chi connectivity index (χ3n) is 5.85. The molecule has 4 aromatic rings. The van der Waals surface area contributed by atoms with Gasteiger partial charge in [0.2, 0.25) is 0 Å². The van der Waals surface area contributed by atoms with E-state index in [2.05, 4.69) is 0 Å². The van der Waals surface area contributed by atoms with Crippen molar-refractivity contribution in [3.05, 3.63) is 78.4 Å². The van der Waals surface area contributed by atoms with E-state index in [1.807, 2.05) is 43.3 Å². The zero-order valence-corrected chi connectivity index (χ0v) is 22.9. The predicted molar refractivity (Wildman–Crippen MR) is 149 cm³/mol. The second kappa shape index (κ2) is 11.3. The van der Waals surface area contributed by atoms with Crippen molar-refractivity contribution in [3.8, 4) is 5.75 Å². The lowest BCUT2D eigenvalue weighted by Gasteiger charge is -2.24. The van der Waals surface area contributed by atoms with Gasteiger partial charge in [0.15, 0.2) is 5.13 Å². The van der Waals surface area contributed by atoms with Crippen molar-refractivity contribution in [1.82, 2.24) is 9.88 Å². The van der Waals surface area contributed by atoms with Crippen LogP contribution in [-0.2, 0) is 10.0 Å². The maximum absolute atomic E-state index is 13.6. The minimum Gasteiger partial charge on any atom is -0.497 e. The number of para-hydroxylation sites is 1. The van der Waals surface area contributed by atoms with Crippen LogP contribution in [0.4, 0.5) is 10.8 Å². The fourth-order valence-corrected chi connectivity index (χ4v) is 6.30. The fourth-order valence-electron chi connectivity index (χ4n) is 3.86. The number of carbonyl (C=O) groups excluding carboxylic acids is 1. The Bertz CT molecular complexity index is 1470. The second-order valence-electron chi connectivity index (χ2n) is 8.62. The third-order valence-corrected chi connectivity index (χ3v) is 8.83. The zero-order chi connectivity index (χ0) is 26.6. The number of nitrogens with zero attached hydrogens (tertiary/aromatic N) is 4. The Morgan fingerprint density at radius 2 is 1.68 bits per heavy atom. The molecule has 0 aliphatic heterocycles. The average molecular weight is 539 g/mol. The SMILES string of the molecule is CCN(c1ccccc1)S(=O)(=O)c1ccc(C(=O)N(CCN(C)C)c2nc3cc(OC)ccc3s2)cc1. The van der Waals surface area contributed by atoms with Gasteiger partial charge in [-0.2, -0.15) is 0 Å². The van der Waals surface area contributed by atoms with Crippen molar-refractivity contribution in [2.75, 3.05) is 50.0 Å². The number of amides is 1. The van der Waals surface area contributed by atoms with Crippen molar-refractivity contribution < 1.29 is 17.9 Å². The van der Waals surface area contributed by atoms with Crippen molar-refractivity contribution in [3.63, 3.8) is 0 Å². The normalized spacial score (nSPS) is 11.6. The molecule has 0 spiro atoms. The van der Waals surface area contributed by atoms with Crippen molar-refractivity contribution in [2.45, 2.75) is 11.8 Å². The molecule has 0 saturated carbocycles. The number of methoxy groups -OCH3 is 1. The van der Waals surface area contributed by atoms with E-state index in [9.17, 15) is 13.2 Å². The number of hydrogen-bond acceptors (Lipinski definition) is 7. The number of likely N-dealkylation sites (N-methyl/N-ethyl adjacent to an activating group) is 1. The van der Waals surface area contributed by atoms with E-state index in [1.165, 1.54) is 27.8 Å². The lowest BCUT2D eigenvalue weighted by molar-refractivity contribution is 0.0985. The first-order chi connectivity index (χ1) is 17.7. The number of thiazole rings is 1. The van der Waals surface area contributed by atoms with Crippen LogP contribution in [0.5, 0.6) is 5.75 Å². The number of hydrogen-bond donors (Lipinski definition) is 0. The molecule has 4 rings (SSSR count). The summed E-state index contributed by atoms with van der Waals surface area (Å²) in [6.45, 7) is 3.15. The number of benzene rings is 3. The van der Waals surface area contributed by atoms with E-state index in [4.69, 9.17) is 9.72 Å². The maximum Gasteiger partial charge on any atom is 0.264 e. The Kier molecular flexibility index (Phi) is 8.11. The minimum absolute atomic E-state index is 0.127. The highest BCUT2D eigenvalue weighted by molar-refractivity contribution is 7.92. The fraction of sp³-hybridized carbons (Fsp3) is 0.259. The molecule has 10 heteroatoms. The van der Waals surface area contributed by atoms with Gasteiger partial charge in [0.1, 0.15) is 5.75 Å². The number of sulfonamides is 1. The molecule has 0 N–H and O–H groups in total. The molecule has 1 amide bonds. The summed E-state index contributed by atoms with van der Waals surface area (Å²) >= 11 is 1.43. The molecule has 0 saturated heterocycles. The highest BCUT2D eigenvalue weighted by atomic mass is 32.2. The Balaban J connectivity index is 1.64. The molecule has 0 bridgehead atoms. The summed E-state index contributed by atoms with van der Waals surface area (Å²) in [5.41, 5.74) is 1.73. The molecule has 0 aliphatic rings. The average Bonchev–Trinajstić information content (AvgIpc) is 3.32. The number of ether oxygens (including phenoxy) is 1. The first-order valence-corrected chi connectivity index (χ1v) is 14.1. The summed E-state index contributed by atoms with van der Waals surface area (Å²) in [4.78, 5) is 22.1. The van der Waals surface area contributed by atoms with E-state index < -0.39 is 10.0 Å². The summed E-state index contributed by atoms with van der Waals surface area (Å²) in [6.07, 6.45) is 0. The quantitative estimate of drug-likeness (QED) is 0.290. The Morgan fingerprint density at radius 1 is 0.973 bits per heavy atom. The van der Waals surface area contributed by atoms with Crippen LogP contribution >= 0.6 is 11.3 Å². The van der Waals surface area contributed by atoms with Crippen LogP contribution in [0.25, 0.3) is 10.2 Å². The summed E-state index contributed by atoms with van der Waals surface area (Å²) in [6, 6.07) is 20.7. The van der Waals surface area contributed by atoms with Crippen molar-refractivity contribution in [2.24, 2.45) is 0 Å². The van der Waals surface area contributed by atoms with Crippen LogP contribution in [0.15, 0.2) is 77.7 Å². The molecular weight excluding hydrogens is 508 g/mol. The van der Waals surface area contributed by atoms with Gasteiger partial charge < -0.3 is 9.64 Å². The minimum atomic E-state index is -3.78. The molecule has 0 aliphatic carbocycles. The Morgan fingerprint density at radius 3 is 2.30 bits per heavy atom. The molecule has 1 aromatic heterocycles. The van der Waals surface area contributed by atoms with Gasteiger partial charge in [0, 0.05) is 31.3 Å². The first kappa shape index (κ1) is 26.6. The molecule has 8 nitrogen and oxygen atoms in total. The van der Waals surface area contributed by atoms with Gasteiger partial charge in [0.25, 0.3) is 15.9 Å². The van der Waals surface area contributed by atoms with Crippen molar-refractivity contribution in [1.29, 1.82) is 0 Å². The van der Waals surface area contributed by atoms with E-state index in [1.54, 1.807) is 55.3 Å². The highest BCUT2D eigenvalue weighted by Crippen LogP contribution is 2.32. The van der Waals surface area contributed by atoms with Gasteiger partial charge in [-0.1, -0.05) is 29.5 Å². The topological polar surface area (TPSA) is 83.1 Å². The van der Waals surface area contributed by atoms with Gasteiger partial charge >= 0.3 is 0 Å². The molecule has 3 aromatic carbocycles.